The van der Waals surface area contributed by atoms with Gasteiger partial charge in [0.1, 0.15) is 0 Å². The van der Waals surface area contributed by atoms with E-state index >= 15 is 0 Å². The Morgan fingerprint density at radius 2 is 2.31 bits per heavy atom. The summed E-state index contributed by atoms with van der Waals surface area (Å²) in [5.74, 6) is 0. The second-order valence-electron chi connectivity index (χ2n) is 4.35. The molecule has 0 bridgehead atoms. The van der Waals surface area contributed by atoms with Crippen molar-refractivity contribution in [1.29, 1.82) is 0 Å². The molecule has 0 aliphatic carbocycles. The van der Waals surface area contributed by atoms with E-state index in [1.807, 2.05) is 0 Å². The van der Waals surface area contributed by atoms with Gasteiger partial charge in [0, 0.05) is 24.8 Å². The van der Waals surface area contributed by atoms with Crippen LogP contribution in [0.4, 0.5) is 5.69 Å². The number of ether oxygens (including phenoxy) is 1. The molecule has 1 unspecified atom stereocenters. The van der Waals surface area contributed by atoms with E-state index in [0.29, 0.717) is 6.04 Å². The number of hydrogen-bond donors (Lipinski definition) is 2. The van der Waals surface area contributed by atoms with Crippen LogP contribution in [0, 0.1) is 13.8 Å². The summed E-state index contributed by atoms with van der Waals surface area (Å²) < 4.78 is 5.42. The molecule has 1 aromatic carbocycles. The Balaban J connectivity index is 1.91. The van der Waals surface area contributed by atoms with Gasteiger partial charge in [-0.15, -0.1) is 0 Å². The number of benzene rings is 1. The van der Waals surface area contributed by atoms with Gasteiger partial charge in [-0.05, 0) is 31.0 Å². The number of hydrogen-bond acceptors (Lipinski definition) is 3. The van der Waals surface area contributed by atoms with Crippen LogP contribution in [-0.4, -0.2) is 32.3 Å². The maximum absolute atomic E-state index is 5.42. The predicted octanol–water partition coefficient (Wildman–Crippen LogP) is 1.70. The van der Waals surface area contributed by atoms with Gasteiger partial charge >= 0.3 is 0 Å². The fraction of sp³-hybridized carbons (Fsp3) is 0.538. The highest BCUT2D eigenvalue weighted by Crippen LogP contribution is 2.17. The highest BCUT2D eigenvalue weighted by molar-refractivity contribution is 5.53. The second-order valence-corrected chi connectivity index (χ2v) is 4.35. The van der Waals surface area contributed by atoms with Gasteiger partial charge in [0.05, 0.1) is 13.2 Å². The van der Waals surface area contributed by atoms with Crippen LogP contribution in [0.15, 0.2) is 18.2 Å². The number of morpholine rings is 1. The lowest BCUT2D eigenvalue weighted by atomic mass is 10.1. The average molecular weight is 220 g/mol. The lowest BCUT2D eigenvalue weighted by Gasteiger charge is -2.24. The molecule has 16 heavy (non-hydrogen) atoms. The van der Waals surface area contributed by atoms with Gasteiger partial charge in [-0.2, -0.15) is 0 Å². The van der Waals surface area contributed by atoms with Gasteiger partial charge in [0.2, 0.25) is 0 Å². The van der Waals surface area contributed by atoms with E-state index in [1.54, 1.807) is 0 Å². The van der Waals surface area contributed by atoms with Gasteiger partial charge in [-0.3, -0.25) is 0 Å². The van der Waals surface area contributed by atoms with E-state index in [2.05, 4.69) is 42.7 Å². The largest absolute Gasteiger partial charge is 0.383 e. The van der Waals surface area contributed by atoms with E-state index in [9.17, 15) is 0 Å². The van der Waals surface area contributed by atoms with Crippen LogP contribution in [0.3, 0.4) is 0 Å². The molecule has 1 aromatic rings. The van der Waals surface area contributed by atoms with E-state index in [-0.39, 0.29) is 0 Å². The van der Waals surface area contributed by atoms with Crippen LogP contribution >= 0.6 is 0 Å². The molecule has 1 aliphatic rings. The van der Waals surface area contributed by atoms with Crippen LogP contribution in [-0.2, 0) is 4.74 Å². The zero-order valence-corrected chi connectivity index (χ0v) is 10.0. The zero-order chi connectivity index (χ0) is 11.4. The highest BCUT2D eigenvalue weighted by atomic mass is 16.5. The minimum absolute atomic E-state index is 0.425. The molecule has 0 amide bonds. The molecule has 0 saturated carbocycles. The van der Waals surface area contributed by atoms with Crippen LogP contribution < -0.4 is 10.6 Å². The third-order valence-corrected chi connectivity index (χ3v) is 3.14. The molecule has 0 radical (unpaired) electrons. The summed E-state index contributed by atoms with van der Waals surface area (Å²) in [6.07, 6.45) is 0. The molecule has 3 nitrogen and oxygen atoms in total. The van der Waals surface area contributed by atoms with E-state index in [1.165, 1.54) is 16.8 Å². The Kier molecular flexibility index (Phi) is 3.80. The van der Waals surface area contributed by atoms with Crippen molar-refractivity contribution in [2.45, 2.75) is 19.9 Å². The highest BCUT2D eigenvalue weighted by Gasteiger charge is 2.12. The average Bonchev–Trinajstić information content (AvgIpc) is 2.32. The summed E-state index contributed by atoms with van der Waals surface area (Å²) in [4.78, 5) is 0. The Morgan fingerprint density at radius 1 is 1.44 bits per heavy atom. The van der Waals surface area contributed by atoms with Gasteiger partial charge in [0.25, 0.3) is 0 Å². The third kappa shape index (κ3) is 2.74. The molecular weight excluding hydrogens is 200 g/mol. The molecule has 1 saturated heterocycles. The van der Waals surface area contributed by atoms with Crippen molar-refractivity contribution in [2.24, 2.45) is 0 Å². The van der Waals surface area contributed by atoms with Gasteiger partial charge in [-0.1, -0.05) is 12.1 Å². The number of rotatable bonds is 3. The predicted molar refractivity (Wildman–Crippen MR) is 67.0 cm³/mol. The first-order valence-corrected chi connectivity index (χ1v) is 5.88. The molecule has 2 rings (SSSR count). The second kappa shape index (κ2) is 5.32. The minimum Gasteiger partial charge on any atom is -0.383 e. The van der Waals surface area contributed by atoms with Crippen LogP contribution in [0.1, 0.15) is 11.1 Å². The number of aryl methyl sites for hydroxylation is 1. The van der Waals surface area contributed by atoms with Crippen LogP contribution in [0.25, 0.3) is 0 Å². The Hall–Kier alpha value is -1.06. The summed E-state index contributed by atoms with van der Waals surface area (Å²) in [7, 11) is 0. The molecule has 1 heterocycles. The van der Waals surface area contributed by atoms with E-state index < -0.39 is 0 Å². The maximum Gasteiger partial charge on any atom is 0.0637 e. The summed E-state index contributed by atoms with van der Waals surface area (Å²) in [5, 5.41) is 6.92. The lowest BCUT2D eigenvalue weighted by molar-refractivity contribution is 0.0806. The molecular formula is C13H20N2O. The van der Waals surface area contributed by atoms with Crippen LogP contribution in [0.2, 0.25) is 0 Å². The number of anilines is 1. The monoisotopic (exact) mass is 220 g/mol. The van der Waals surface area contributed by atoms with Crippen LogP contribution in [0.5, 0.6) is 0 Å². The fourth-order valence-electron chi connectivity index (χ4n) is 1.93. The van der Waals surface area contributed by atoms with E-state index in [0.717, 1.165) is 26.3 Å². The van der Waals surface area contributed by atoms with Crippen molar-refractivity contribution in [2.75, 3.05) is 31.6 Å². The normalized spacial score (nSPS) is 20.8. The Bertz CT molecular complexity index is 346. The molecule has 2 N–H and O–H groups in total. The molecule has 1 atom stereocenters. The summed E-state index contributed by atoms with van der Waals surface area (Å²) in [6, 6.07) is 6.79. The molecule has 88 valence electrons. The van der Waals surface area contributed by atoms with Crippen molar-refractivity contribution in [1.82, 2.24) is 5.32 Å². The smallest absolute Gasteiger partial charge is 0.0637 e. The maximum atomic E-state index is 5.42. The zero-order valence-electron chi connectivity index (χ0n) is 10.0. The standard InChI is InChI=1S/C13H20N2O/c1-10-4-3-5-13(11(10)2)15-8-12-9-16-7-6-14-12/h3-5,12,14-15H,6-9H2,1-2H3. The quantitative estimate of drug-likeness (QED) is 0.813. The van der Waals surface area contributed by atoms with E-state index in [4.69, 9.17) is 4.74 Å². The SMILES string of the molecule is Cc1cccc(NCC2COCCN2)c1C. The molecule has 1 aliphatic heterocycles. The van der Waals surface area contributed by atoms with Gasteiger partial charge in [0.15, 0.2) is 0 Å². The van der Waals surface area contributed by atoms with Gasteiger partial charge < -0.3 is 15.4 Å². The van der Waals surface area contributed by atoms with Gasteiger partial charge in [-0.25, -0.2) is 0 Å². The topological polar surface area (TPSA) is 33.3 Å². The first-order chi connectivity index (χ1) is 7.77. The first kappa shape index (κ1) is 11.4. The summed E-state index contributed by atoms with van der Waals surface area (Å²) >= 11 is 0. The number of nitrogens with one attached hydrogen (secondary N) is 2. The summed E-state index contributed by atoms with van der Waals surface area (Å²) in [5.41, 5.74) is 3.89. The molecule has 3 heteroatoms. The van der Waals surface area contributed by atoms with Crippen molar-refractivity contribution in [3.63, 3.8) is 0 Å². The molecule has 1 fully saturated rings. The van der Waals surface area contributed by atoms with Crippen molar-refractivity contribution in [3.05, 3.63) is 29.3 Å². The van der Waals surface area contributed by atoms with Crippen molar-refractivity contribution >= 4 is 5.69 Å². The Morgan fingerprint density at radius 3 is 3.06 bits per heavy atom. The first-order valence-electron chi connectivity index (χ1n) is 5.88. The minimum atomic E-state index is 0.425. The Labute approximate surface area is 97.2 Å². The summed E-state index contributed by atoms with van der Waals surface area (Å²) in [6.45, 7) is 7.81. The molecule has 0 spiro atoms. The fourth-order valence-corrected chi connectivity index (χ4v) is 1.93. The van der Waals surface area contributed by atoms with Crippen molar-refractivity contribution < 1.29 is 4.74 Å². The lowest BCUT2D eigenvalue weighted by Crippen LogP contribution is -2.45. The van der Waals surface area contributed by atoms with Crippen molar-refractivity contribution in [3.8, 4) is 0 Å². The molecule has 0 aromatic heterocycles. The third-order valence-electron chi connectivity index (χ3n) is 3.14.